The quantitative estimate of drug-likeness (QED) is 0.750. The molecule has 1 fully saturated rings. The van der Waals surface area contributed by atoms with Gasteiger partial charge in [-0.3, -0.25) is 0 Å². The summed E-state index contributed by atoms with van der Waals surface area (Å²) < 4.78 is 11.1. The van der Waals surface area contributed by atoms with Crippen LogP contribution in [0.4, 0.5) is 0 Å². The summed E-state index contributed by atoms with van der Waals surface area (Å²) in [6, 6.07) is 8.89. The summed E-state index contributed by atoms with van der Waals surface area (Å²) in [5, 5.41) is 21.8. The molecular formula is C16H23N3O3. The zero-order chi connectivity index (χ0) is 15.8. The Balaban J connectivity index is 1.61. The molecule has 0 aromatic heterocycles. The minimum Gasteiger partial charge on any atom is -0.491 e. The Morgan fingerprint density at radius 2 is 2.27 bits per heavy atom. The van der Waals surface area contributed by atoms with Crippen molar-refractivity contribution in [2.45, 2.75) is 12.2 Å². The van der Waals surface area contributed by atoms with Crippen LogP contribution in [-0.2, 0) is 4.74 Å². The molecule has 0 unspecified atom stereocenters. The van der Waals surface area contributed by atoms with Crippen LogP contribution >= 0.6 is 0 Å². The number of ether oxygens (including phenoxy) is 2. The van der Waals surface area contributed by atoms with E-state index in [-0.39, 0.29) is 12.7 Å². The van der Waals surface area contributed by atoms with Gasteiger partial charge in [-0.25, -0.2) is 0 Å². The molecule has 0 spiro atoms. The van der Waals surface area contributed by atoms with Gasteiger partial charge >= 0.3 is 0 Å². The maximum Gasteiger partial charge on any atom is 0.119 e. The van der Waals surface area contributed by atoms with Gasteiger partial charge in [0.1, 0.15) is 18.5 Å². The second kappa shape index (κ2) is 8.71. The second-order valence-corrected chi connectivity index (χ2v) is 5.51. The molecular weight excluding hydrogens is 282 g/mol. The summed E-state index contributed by atoms with van der Waals surface area (Å²) >= 11 is 0. The van der Waals surface area contributed by atoms with E-state index >= 15 is 0 Å². The minimum atomic E-state index is -0.586. The highest BCUT2D eigenvalue weighted by molar-refractivity contribution is 5.34. The number of morpholine rings is 1. The van der Waals surface area contributed by atoms with Crippen molar-refractivity contribution in [3.8, 4) is 11.8 Å². The summed E-state index contributed by atoms with van der Waals surface area (Å²) in [5.41, 5.74) is 0.590. The molecule has 0 aliphatic carbocycles. The number of hydrogen-bond donors (Lipinski definition) is 2. The molecule has 1 aliphatic rings. The van der Waals surface area contributed by atoms with Gasteiger partial charge in [0.05, 0.1) is 24.3 Å². The zero-order valence-corrected chi connectivity index (χ0v) is 12.9. The van der Waals surface area contributed by atoms with Crippen LogP contribution in [0.3, 0.4) is 0 Å². The summed E-state index contributed by atoms with van der Waals surface area (Å²) in [6.45, 7) is 4.03. The Kier molecular flexibility index (Phi) is 6.62. The van der Waals surface area contributed by atoms with Crippen LogP contribution in [0, 0.1) is 11.3 Å². The SMILES string of the molecule is CN1CCO[C@H](CNC[C@@H](O)COc2ccc(C#N)cc2)C1. The first kappa shape index (κ1) is 16.7. The van der Waals surface area contributed by atoms with Crippen molar-refractivity contribution in [3.63, 3.8) is 0 Å². The van der Waals surface area contributed by atoms with Gasteiger partial charge in [-0.1, -0.05) is 0 Å². The van der Waals surface area contributed by atoms with Crippen molar-refractivity contribution in [1.29, 1.82) is 5.26 Å². The number of rotatable bonds is 7. The lowest BCUT2D eigenvalue weighted by Gasteiger charge is -2.30. The van der Waals surface area contributed by atoms with Gasteiger partial charge in [0.15, 0.2) is 0 Å². The van der Waals surface area contributed by atoms with E-state index in [1.165, 1.54) is 0 Å². The highest BCUT2D eigenvalue weighted by atomic mass is 16.5. The summed E-state index contributed by atoms with van der Waals surface area (Å²) in [7, 11) is 2.08. The first-order valence-electron chi connectivity index (χ1n) is 7.49. The van der Waals surface area contributed by atoms with E-state index in [4.69, 9.17) is 14.7 Å². The standard InChI is InChI=1S/C16H23N3O3/c1-19-6-7-21-16(11-19)10-18-9-14(20)12-22-15-4-2-13(8-17)3-5-15/h2-5,14,16,18,20H,6-7,9-12H2,1H3/t14-,16-/m1/s1. The van der Waals surface area contributed by atoms with Crippen LogP contribution in [0.5, 0.6) is 5.75 Å². The summed E-state index contributed by atoms with van der Waals surface area (Å²) in [6.07, 6.45) is -0.414. The van der Waals surface area contributed by atoms with Gasteiger partial charge in [-0.15, -0.1) is 0 Å². The largest absolute Gasteiger partial charge is 0.491 e. The molecule has 1 heterocycles. The number of aliphatic hydroxyl groups excluding tert-OH is 1. The maximum atomic E-state index is 9.90. The first-order valence-corrected chi connectivity index (χ1v) is 7.49. The third-order valence-electron chi connectivity index (χ3n) is 3.52. The molecule has 2 atom stereocenters. The molecule has 1 aromatic rings. The van der Waals surface area contributed by atoms with E-state index in [2.05, 4.69) is 23.3 Å². The Labute approximate surface area is 131 Å². The lowest BCUT2D eigenvalue weighted by Crippen LogP contribution is -2.46. The molecule has 1 aromatic carbocycles. The predicted molar refractivity (Wildman–Crippen MR) is 82.8 cm³/mol. The fraction of sp³-hybridized carbons (Fsp3) is 0.562. The van der Waals surface area contributed by atoms with Crippen LogP contribution in [0.15, 0.2) is 24.3 Å². The Morgan fingerprint density at radius 3 is 2.95 bits per heavy atom. The molecule has 0 saturated carbocycles. The van der Waals surface area contributed by atoms with Crippen LogP contribution in [0.2, 0.25) is 0 Å². The lowest BCUT2D eigenvalue weighted by molar-refractivity contribution is -0.0196. The summed E-state index contributed by atoms with van der Waals surface area (Å²) in [4.78, 5) is 2.24. The molecule has 1 aliphatic heterocycles. The highest BCUT2D eigenvalue weighted by Crippen LogP contribution is 2.11. The third kappa shape index (κ3) is 5.62. The molecule has 2 N–H and O–H groups in total. The molecule has 0 amide bonds. The van der Waals surface area contributed by atoms with Crippen molar-refractivity contribution < 1.29 is 14.6 Å². The maximum absolute atomic E-state index is 9.90. The van der Waals surface area contributed by atoms with Crippen molar-refractivity contribution in [3.05, 3.63) is 29.8 Å². The van der Waals surface area contributed by atoms with Gasteiger partial charge in [0.2, 0.25) is 0 Å². The molecule has 2 rings (SSSR count). The average molecular weight is 305 g/mol. The van der Waals surface area contributed by atoms with Crippen LogP contribution in [0.1, 0.15) is 5.56 Å². The first-order chi connectivity index (χ1) is 10.7. The van der Waals surface area contributed by atoms with Crippen LogP contribution in [0.25, 0.3) is 0 Å². The molecule has 6 nitrogen and oxygen atoms in total. The smallest absolute Gasteiger partial charge is 0.119 e. The van der Waals surface area contributed by atoms with Gasteiger partial charge in [0.25, 0.3) is 0 Å². The number of hydrogen-bond acceptors (Lipinski definition) is 6. The Bertz CT molecular complexity index is 486. The summed E-state index contributed by atoms with van der Waals surface area (Å²) in [5.74, 6) is 0.648. The number of nitrogens with zero attached hydrogens (tertiary/aromatic N) is 2. The number of likely N-dealkylation sites (N-methyl/N-ethyl adjacent to an activating group) is 1. The Morgan fingerprint density at radius 1 is 1.50 bits per heavy atom. The van der Waals surface area contributed by atoms with E-state index in [0.717, 1.165) is 26.2 Å². The fourth-order valence-electron chi connectivity index (χ4n) is 2.28. The number of benzene rings is 1. The van der Waals surface area contributed by atoms with Crippen molar-refractivity contribution in [2.24, 2.45) is 0 Å². The van der Waals surface area contributed by atoms with E-state index in [9.17, 15) is 5.11 Å². The highest BCUT2D eigenvalue weighted by Gasteiger charge is 2.17. The van der Waals surface area contributed by atoms with Crippen molar-refractivity contribution >= 4 is 0 Å². The van der Waals surface area contributed by atoms with Gasteiger partial charge < -0.3 is 24.8 Å². The van der Waals surface area contributed by atoms with Crippen LogP contribution < -0.4 is 10.1 Å². The number of aliphatic hydroxyl groups is 1. The monoisotopic (exact) mass is 305 g/mol. The van der Waals surface area contributed by atoms with E-state index < -0.39 is 6.10 Å². The lowest BCUT2D eigenvalue weighted by atomic mass is 10.2. The minimum absolute atomic E-state index is 0.172. The predicted octanol–water partition coefficient (Wildman–Crippen LogP) is 0.218. The topological polar surface area (TPSA) is 77.8 Å². The fourth-order valence-corrected chi connectivity index (χ4v) is 2.28. The number of nitrogens with one attached hydrogen (secondary N) is 1. The van der Waals surface area contributed by atoms with Gasteiger partial charge in [-0.2, -0.15) is 5.26 Å². The zero-order valence-electron chi connectivity index (χ0n) is 12.9. The Hall–Kier alpha value is -1.65. The number of nitriles is 1. The molecule has 0 radical (unpaired) electrons. The molecule has 1 saturated heterocycles. The molecule has 22 heavy (non-hydrogen) atoms. The third-order valence-corrected chi connectivity index (χ3v) is 3.52. The van der Waals surface area contributed by atoms with E-state index in [1.807, 2.05) is 0 Å². The average Bonchev–Trinajstić information content (AvgIpc) is 2.53. The van der Waals surface area contributed by atoms with E-state index in [1.54, 1.807) is 24.3 Å². The van der Waals surface area contributed by atoms with Gasteiger partial charge in [0, 0.05) is 26.2 Å². The molecule has 0 bridgehead atoms. The van der Waals surface area contributed by atoms with Crippen molar-refractivity contribution in [1.82, 2.24) is 10.2 Å². The molecule has 120 valence electrons. The molecule has 6 heteroatoms. The van der Waals surface area contributed by atoms with Gasteiger partial charge in [-0.05, 0) is 31.3 Å². The van der Waals surface area contributed by atoms with Crippen LogP contribution in [-0.4, -0.2) is 68.7 Å². The van der Waals surface area contributed by atoms with Crippen molar-refractivity contribution in [2.75, 3.05) is 46.4 Å². The second-order valence-electron chi connectivity index (χ2n) is 5.51. The normalized spacial score (nSPS) is 20.3. The van der Waals surface area contributed by atoms with E-state index in [0.29, 0.717) is 17.9 Å².